The molecule has 1 saturated carbocycles. The van der Waals surface area contributed by atoms with Crippen LogP contribution in [0.15, 0.2) is 40.7 Å². The van der Waals surface area contributed by atoms with E-state index in [4.69, 9.17) is 0 Å². The van der Waals surface area contributed by atoms with Gasteiger partial charge < -0.3 is 5.32 Å². The van der Waals surface area contributed by atoms with Crippen LogP contribution in [0.1, 0.15) is 25.7 Å². The van der Waals surface area contributed by atoms with Gasteiger partial charge in [0.2, 0.25) is 15.9 Å². The number of thiazole rings is 1. The first kappa shape index (κ1) is 18.9. The molecule has 0 unspecified atom stereocenters. The third-order valence-electron chi connectivity index (χ3n) is 4.57. The number of halogens is 1. The highest BCUT2D eigenvalue weighted by Crippen LogP contribution is 2.29. The molecule has 2 N–H and O–H groups in total. The van der Waals surface area contributed by atoms with E-state index < -0.39 is 15.8 Å². The smallest absolute Gasteiger partial charge is 0.240 e. The number of nitrogens with one attached hydrogen (secondary N) is 2. The first-order chi connectivity index (χ1) is 12.4. The Morgan fingerprint density at radius 3 is 2.50 bits per heavy atom. The van der Waals surface area contributed by atoms with Crippen molar-refractivity contribution in [1.29, 1.82) is 0 Å². The van der Waals surface area contributed by atoms with E-state index in [1.165, 1.54) is 23.5 Å². The molecule has 1 aliphatic carbocycles. The Bertz CT molecular complexity index is 831. The molecule has 1 amide bonds. The zero-order valence-corrected chi connectivity index (χ0v) is 15.7. The number of anilines is 1. The van der Waals surface area contributed by atoms with E-state index in [2.05, 4.69) is 15.0 Å². The second-order valence-corrected chi connectivity index (χ2v) is 9.01. The van der Waals surface area contributed by atoms with Crippen LogP contribution in [-0.4, -0.2) is 25.9 Å². The van der Waals surface area contributed by atoms with Crippen LogP contribution in [0, 0.1) is 17.7 Å². The van der Waals surface area contributed by atoms with E-state index in [1.54, 1.807) is 11.6 Å². The fourth-order valence-corrected chi connectivity index (χ4v) is 4.69. The molecule has 6 nitrogen and oxygen atoms in total. The maximum atomic E-state index is 12.9. The number of hydrogen-bond acceptors (Lipinski definition) is 5. The Hall–Kier alpha value is -1.84. The molecular formula is C17H20FN3O3S2. The van der Waals surface area contributed by atoms with Crippen molar-refractivity contribution in [3.05, 3.63) is 41.7 Å². The fourth-order valence-electron chi connectivity index (χ4n) is 3.05. The molecule has 140 valence electrons. The average Bonchev–Trinajstić information content (AvgIpc) is 3.14. The lowest BCUT2D eigenvalue weighted by Gasteiger charge is -2.27. The summed E-state index contributed by atoms with van der Waals surface area (Å²) in [5.41, 5.74) is 0. The van der Waals surface area contributed by atoms with Gasteiger partial charge in [-0.3, -0.25) is 4.79 Å². The largest absolute Gasteiger partial charge is 0.302 e. The number of nitrogens with zero attached hydrogens (tertiary/aromatic N) is 1. The molecule has 1 fully saturated rings. The maximum absolute atomic E-state index is 12.9. The topological polar surface area (TPSA) is 88.2 Å². The van der Waals surface area contributed by atoms with Gasteiger partial charge in [0.15, 0.2) is 5.13 Å². The Morgan fingerprint density at radius 2 is 1.88 bits per heavy atom. The third-order valence-corrected chi connectivity index (χ3v) is 6.69. The van der Waals surface area contributed by atoms with Gasteiger partial charge in [-0.05, 0) is 55.9 Å². The number of amides is 1. The van der Waals surface area contributed by atoms with Gasteiger partial charge in [-0.1, -0.05) is 0 Å². The summed E-state index contributed by atoms with van der Waals surface area (Å²) in [4.78, 5) is 16.3. The summed E-state index contributed by atoms with van der Waals surface area (Å²) in [7, 11) is -3.64. The number of carbonyl (C=O) groups is 1. The molecule has 0 spiro atoms. The zero-order valence-electron chi connectivity index (χ0n) is 14.0. The molecule has 1 heterocycles. The van der Waals surface area contributed by atoms with Crippen molar-refractivity contribution in [2.24, 2.45) is 11.8 Å². The molecular weight excluding hydrogens is 377 g/mol. The van der Waals surface area contributed by atoms with Crippen molar-refractivity contribution in [1.82, 2.24) is 9.71 Å². The molecule has 9 heteroatoms. The zero-order chi connectivity index (χ0) is 18.6. The minimum absolute atomic E-state index is 0.0229. The quantitative estimate of drug-likeness (QED) is 0.784. The van der Waals surface area contributed by atoms with E-state index in [0.29, 0.717) is 11.7 Å². The third kappa shape index (κ3) is 4.87. The predicted molar refractivity (Wildman–Crippen MR) is 97.8 cm³/mol. The second-order valence-electron chi connectivity index (χ2n) is 6.35. The van der Waals surface area contributed by atoms with Gasteiger partial charge in [-0.25, -0.2) is 22.5 Å². The van der Waals surface area contributed by atoms with Crippen molar-refractivity contribution in [2.75, 3.05) is 11.9 Å². The number of aromatic nitrogens is 1. The first-order valence-corrected chi connectivity index (χ1v) is 10.8. The van der Waals surface area contributed by atoms with Crippen molar-refractivity contribution in [3.63, 3.8) is 0 Å². The molecule has 1 aromatic carbocycles. The molecule has 0 bridgehead atoms. The summed E-state index contributed by atoms with van der Waals surface area (Å²) in [6, 6.07) is 4.75. The summed E-state index contributed by atoms with van der Waals surface area (Å²) in [6.07, 6.45) is 4.65. The number of hydrogen-bond donors (Lipinski definition) is 2. The monoisotopic (exact) mass is 397 g/mol. The van der Waals surface area contributed by atoms with Gasteiger partial charge in [0, 0.05) is 24.0 Å². The van der Waals surface area contributed by atoms with Crippen LogP contribution in [0.5, 0.6) is 0 Å². The number of rotatable bonds is 6. The molecule has 0 radical (unpaired) electrons. The van der Waals surface area contributed by atoms with Crippen molar-refractivity contribution >= 4 is 32.4 Å². The Balaban J connectivity index is 1.46. The fraction of sp³-hybridized carbons (Fsp3) is 0.412. The SMILES string of the molecule is O=C(Nc1nccs1)C1CCC(CNS(=O)(=O)c2ccc(F)cc2)CC1. The van der Waals surface area contributed by atoms with E-state index in [1.807, 2.05) is 0 Å². The van der Waals surface area contributed by atoms with E-state index in [-0.39, 0.29) is 22.6 Å². The van der Waals surface area contributed by atoms with Crippen LogP contribution in [0.25, 0.3) is 0 Å². The first-order valence-electron chi connectivity index (χ1n) is 8.39. The van der Waals surface area contributed by atoms with Crippen LogP contribution in [-0.2, 0) is 14.8 Å². The minimum atomic E-state index is -3.64. The molecule has 0 atom stereocenters. The summed E-state index contributed by atoms with van der Waals surface area (Å²) < 4.78 is 40.0. The Morgan fingerprint density at radius 1 is 1.19 bits per heavy atom. The molecule has 1 aliphatic rings. The van der Waals surface area contributed by atoms with Crippen molar-refractivity contribution < 1.29 is 17.6 Å². The highest BCUT2D eigenvalue weighted by Gasteiger charge is 2.27. The molecule has 2 aromatic rings. The maximum Gasteiger partial charge on any atom is 0.240 e. The number of sulfonamides is 1. The summed E-state index contributed by atoms with van der Waals surface area (Å²) >= 11 is 1.38. The average molecular weight is 397 g/mol. The second kappa shape index (κ2) is 8.24. The minimum Gasteiger partial charge on any atom is -0.302 e. The lowest BCUT2D eigenvalue weighted by atomic mass is 9.81. The molecule has 26 heavy (non-hydrogen) atoms. The standard InChI is InChI=1S/C17H20FN3O3S2/c18-14-5-7-15(8-6-14)26(23,24)20-11-12-1-3-13(4-2-12)16(22)21-17-19-9-10-25-17/h5-10,12-13,20H,1-4,11H2,(H,19,21,22). The van der Waals surface area contributed by atoms with E-state index in [0.717, 1.165) is 37.8 Å². The predicted octanol–water partition coefficient (Wildman–Crippen LogP) is 3.01. The van der Waals surface area contributed by atoms with Gasteiger partial charge in [0.25, 0.3) is 0 Å². The van der Waals surface area contributed by atoms with Crippen LogP contribution in [0.3, 0.4) is 0 Å². The Labute approximate surface area is 155 Å². The van der Waals surface area contributed by atoms with E-state index >= 15 is 0 Å². The number of benzene rings is 1. The van der Waals surface area contributed by atoms with Crippen LogP contribution in [0.4, 0.5) is 9.52 Å². The van der Waals surface area contributed by atoms with Crippen LogP contribution in [0.2, 0.25) is 0 Å². The highest BCUT2D eigenvalue weighted by molar-refractivity contribution is 7.89. The summed E-state index contributed by atoms with van der Waals surface area (Å²) in [5, 5.41) is 5.22. The lowest BCUT2D eigenvalue weighted by molar-refractivity contribution is -0.121. The normalized spacial score (nSPS) is 20.7. The van der Waals surface area contributed by atoms with Crippen molar-refractivity contribution in [3.8, 4) is 0 Å². The summed E-state index contributed by atoms with van der Waals surface area (Å²) in [6.45, 7) is 0.320. The number of carbonyl (C=O) groups excluding carboxylic acids is 1. The van der Waals surface area contributed by atoms with Gasteiger partial charge in [0.1, 0.15) is 5.82 Å². The lowest BCUT2D eigenvalue weighted by Crippen LogP contribution is -2.33. The van der Waals surface area contributed by atoms with Gasteiger partial charge in [0.05, 0.1) is 4.90 Å². The molecule has 3 rings (SSSR count). The summed E-state index contributed by atoms with van der Waals surface area (Å²) in [5.74, 6) is -0.374. The van der Waals surface area contributed by atoms with E-state index in [9.17, 15) is 17.6 Å². The van der Waals surface area contributed by atoms with Gasteiger partial charge >= 0.3 is 0 Å². The van der Waals surface area contributed by atoms with Gasteiger partial charge in [-0.15, -0.1) is 11.3 Å². The van der Waals surface area contributed by atoms with Crippen molar-refractivity contribution in [2.45, 2.75) is 30.6 Å². The highest BCUT2D eigenvalue weighted by atomic mass is 32.2. The van der Waals surface area contributed by atoms with Crippen LogP contribution >= 0.6 is 11.3 Å². The molecule has 0 saturated heterocycles. The molecule has 1 aromatic heterocycles. The van der Waals surface area contributed by atoms with Gasteiger partial charge in [-0.2, -0.15) is 0 Å². The molecule has 0 aliphatic heterocycles. The van der Waals surface area contributed by atoms with Crippen LogP contribution < -0.4 is 10.0 Å². The Kier molecular flexibility index (Phi) is 6.00.